The first-order valence-corrected chi connectivity index (χ1v) is 3.02. The SMILES string of the molecule is O=C1CCC(=O)N1OC(F)(F)F. The molecule has 1 saturated heterocycles. The van der Waals surface area contributed by atoms with Crippen LogP contribution in [0.15, 0.2) is 0 Å². The molecule has 0 aliphatic carbocycles. The average Bonchev–Trinajstić information content (AvgIpc) is 2.16. The Morgan fingerprint density at radius 1 is 1.17 bits per heavy atom. The number of hydroxylamine groups is 2. The van der Waals surface area contributed by atoms with E-state index in [0.717, 1.165) is 0 Å². The van der Waals surface area contributed by atoms with Crippen LogP contribution in [0, 0.1) is 0 Å². The van der Waals surface area contributed by atoms with Gasteiger partial charge in [-0.05, 0) is 0 Å². The molecular weight excluding hydrogens is 179 g/mol. The standard InChI is InChI=1S/C5H4F3NO3/c6-5(7,8)12-9-3(10)1-2-4(9)11/h1-2H2. The van der Waals surface area contributed by atoms with Crippen molar-refractivity contribution in [1.29, 1.82) is 0 Å². The maximum absolute atomic E-state index is 11.5. The number of hydrogen-bond donors (Lipinski definition) is 0. The number of carbonyl (C=O) groups is 2. The van der Waals surface area contributed by atoms with E-state index in [9.17, 15) is 22.8 Å². The molecule has 0 N–H and O–H groups in total. The summed E-state index contributed by atoms with van der Waals surface area (Å²) in [6.07, 6.45) is -5.44. The molecule has 1 aliphatic heterocycles. The van der Waals surface area contributed by atoms with E-state index in [4.69, 9.17) is 0 Å². The molecular formula is C5H4F3NO3. The zero-order valence-electron chi connectivity index (χ0n) is 5.72. The Morgan fingerprint density at radius 2 is 1.58 bits per heavy atom. The molecule has 4 nitrogen and oxygen atoms in total. The highest BCUT2D eigenvalue weighted by Gasteiger charge is 2.41. The van der Waals surface area contributed by atoms with Crippen LogP contribution < -0.4 is 0 Å². The number of amides is 2. The van der Waals surface area contributed by atoms with Crippen molar-refractivity contribution >= 4 is 11.8 Å². The van der Waals surface area contributed by atoms with E-state index in [1.807, 2.05) is 0 Å². The van der Waals surface area contributed by atoms with Crippen molar-refractivity contribution in [2.24, 2.45) is 0 Å². The molecule has 0 saturated carbocycles. The lowest BCUT2D eigenvalue weighted by molar-refractivity contribution is -0.390. The molecule has 1 rings (SSSR count). The van der Waals surface area contributed by atoms with Crippen molar-refractivity contribution < 1.29 is 27.6 Å². The van der Waals surface area contributed by atoms with Crippen LogP contribution in [0.4, 0.5) is 13.2 Å². The summed E-state index contributed by atoms with van der Waals surface area (Å²) >= 11 is 0. The van der Waals surface area contributed by atoms with E-state index < -0.39 is 18.2 Å². The Hall–Kier alpha value is -1.11. The highest BCUT2D eigenvalue weighted by atomic mass is 19.4. The first kappa shape index (κ1) is 8.98. The van der Waals surface area contributed by atoms with Crippen LogP contribution in [0.3, 0.4) is 0 Å². The third kappa shape index (κ3) is 1.94. The lowest BCUT2D eigenvalue weighted by Crippen LogP contribution is -2.35. The van der Waals surface area contributed by atoms with Crippen LogP contribution in [-0.4, -0.2) is 23.2 Å². The van der Waals surface area contributed by atoms with Gasteiger partial charge in [-0.25, -0.2) is 0 Å². The number of carbonyl (C=O) groups excluding carboxylic acids is 2. The number of nitrogens with zero attached hydrogens (tertiary/aromatic N) is 1. The number of alkyl halides is 3. The minimum atomic E-state index is -4.99. The minimum Gasteiger partial charge on any atom is -0.272 e. The summed E-state index contributed by atoms with van der Waals surface area (Å²) in [5.74, 6) is -1.92. The Bertz CT molecular complexity index is 208. The number of hydrogen-bond acceptors (Lipinski definition) is 3. The second-order valence-electron chi connectivity index (χ2n) is 2.12. The fourth-order valence-corrected chi connectivity index (χ4v) is 0.761. The van der Waals surface area contributed by atoms with Gasteiger partial charge in [0.05, 0.1) is 0 Å². The lowest BCUT2D eigenvalue weighted by Gasteiger charge is -2.14. The molecule has 7 heteroatoms. The lowest BCUT2D eigenvalue weighted by atomic mass is 10.4. The second-order valence-corrected chi connectivity index (χ2v) is 2.12. The van der Waals surface area contributed by atoms with Gasteiger partial charge in [-0.15, -0.1) is 18.2 Å². The largest absolute Gasteiger partial charge is 0.544 e. The van der Waals surface area contributed by atoms with Crippen molar-refractivity contribution in [2.45, 2.75) is 19.2 Å². The van der Waals surface area contributed by atoms with Gasteiger partial charge in [0, 0.05) is 12.8 Å². The van der Waals surface area contributed by atoms with Gasteiger partial charge >= 0.3 is 6.36 Å². The van der Waals surface area contributed by atoms with E-state index in [2.05, 4.69) is 4.84 Å². The molecule has 68 valence electrons. The van der Waals surface area contributed by atoms with Gasteiger partial charge in [-0.3, -0.25) is 9.59 Å². The second kappa shape index (κ2) is 2.74. The average molecular weight is 183 g/mol. The molecule has 12 heavy (non-hydrogen) atoms. The van der Waals surface area contributed by atoms with Crippen molar-refractivity contribution in [3.05, 3.63) is 0 Å². The molecule has 1 fully saturated rings. The third-order valence-electron chi connectivity index (χ3n) is 1.20. The molecule has 0 unspecified atom stereocenters. The van der Waals surface area contributed by atoms with Crippen molar-refractivity contribution in [3.8, 4) is 0 Å². The highest BCUT2D eigenvalue weighted by molar-refractivity contribution is 6.00. The molecule has 0 radical (unpaired) electrons. The van der Waals surface area contributed by atoms with Crippen LogP contribution in [0.25, 0.3) is 0 Å². The molecule has 1 heterocycles. The Balaban J connectivity index is 2.62. The molecule has 2 amide bonds. The summed E-state index contributed by atoms with van der Waals surface area (Å²) in [4.78, 5) is 24.2. The normalized spacial score (nSPS) is 19.1. The van der Waals surface area contributed by atoms with Gasteiger partial charge in [-0.2, -0.15) is 4.84 Å². The van der Waals surface area contributed by atoms with Crippen LogP contribution in [0.5, 0.6) is 0 Å². The zero-order chi connectivity index (χ0) is 9.35. The predicted molar refractivity (Wildman–Crippen MR) is 28.2 cm³/mol. The molecule has 0 bridgehead atoms. The van der Waals surface area contributed by atoms with E-state index in [-0.39, 0.29) is 17.9 Å². The predicted octanol–water partition coefficient (Wildman–Crippen LogP) is 0.587. The Labute approximate surface area is 64.8 Å². The topological polar surface area (TPSA) is 46.6 Å². The quantitative estimate of drug-likeness (QED) is 0.559. The minimum absolute atomic E-state index is 0.227. The van der Waals surface area contributed by atoms with Gasteiger partial charge in [0.25, 0.3) is 11.8 Å². The fourth-order valence-electron chi connectivity index (χ4n) is 0.761. The summed E-state index contributed by atoms with van der Waals surface area (Å²) in [5, 5.41) is -0.250. The molecule has 0 aromatic heterocycles. The molecule has 0 spiro atoms. The molecule has 0 aromatic rings. The van der Waals surface area contributed by atoms with Crippen molar-refractivity contribution in [2.75, 3.05) is 0 Å². The number of imide groups is 1. The van der Waals surface area contributed by atoms with E-state index in [1.165, 1.54) is 0 Å². The first-order valence-electron chi connectivity index (χ1n) is 3.02. The van der Waals surface area contributed by atoms with Gasteiger partial charge < -0.3 is 0 Å². The summed E-state index contributed by atoms with van der Waals surface area (Å²) in [6, 6.07) is 0. The van der Waals surface area contributed by atoms with Crippen LogP contribution in [0.1, 0.15) is 12.8 Å². The maximum atomic E-state index is 11.5. The highest BCUT2D eigenvalue weighted by Crippen LogP contribution is 2.22. The third-order valence-corrected chi connectivity index (χ3v) is 1.20. The van der Waals surface area contributed by atoms with Crippen LogP contribution in [-0.2, 0) is 14.4 Å². The fraction of sp³-hybridized carbons (Fsp3) is 0.600. The molecule has 0 aromatic carbocycles. The van der Waals surface area contributed by atoms with Gasteiger partial charge in [0.1, 0.15) is 0 Å². The van der Waals surface area contributed by atoms with Crippen LogP contribution in [0.2, 0.25) is 0 Å². The van der Waals surface area contributed by atoms with Crippen LogP contribution >= 0.6 is 0 Å². The van der Waals surface area contributed by atoms with E-state index in [0.29, 0.717) is 0 Å². The summed E-state index contributed by atoms with van der Waals surface area (Å²) < 4.78 is 34.5. The summed E-state index contributed by atoms with van der Waals surface area (Å²) in [6.45, 7) is 0. The van der Waals surface area contributed by atoms with Gasteiger partial charge in [-0.1, -0.05) is 0 Å². The first-order chi connectivity index (χ1) is 5.40. The zero-order valence-corrected chi connectivity index (χ0v) is 5.72. The van der Waals surface area contributed by atoms with Crippen molar-refractivity contribution in [3.63, 3.8) is 0 Å². The molecule has 1 aliphatic rings. The van der Waals surface area contributed by atoms with E-state index >= 15 is 0 Å². The summed E-state index contributed by atoms with van der Waals surface area (Å²) in [7, 11) is 0. The van der Waals surface area contributed by atoms with Crippen molar-refractivity contribution in [1.82, 2.24) is 5.06 Å². The van der Waals surface area contributed by atoms with Gasteiger partial charge in [0.2, 0.25) is 0 Å². The van der Waals surface area contributed by atoms with Gasteiger partial charge in [0.15, 0.2) is 0 Å². The number of halogens is 3. The maximum Gasteiger partial charge on any atom is 0.544 e. The molecule has 0 atom stereocenters. The monoisotopic (exact) mass is 183 g/mol. The number of rotatable bonds is 1. The smallest absolute Gasteiger partial charge is 0.272 e. The summed E-state index contributed by atoms with van der Waals surface area (Å²) in [5.41, 5.74) is 0. The Morgan fingerprint density at radius 3 is 1.92 bits per heavy atom. The Kier molecular flexibility index (Phi) is 2.05. The van der Waals surface area contributed by atoms with E-state index in [1.54, 1.807) is 0 Å².